The molecule has 152 valence electrons. The third kappa shape index (κ3) is 3.92. The summed E-state index contributed by atoms with van der Waals surface area (Å²) in [4.78, 5) is 27.6. The predicted octanol–water partition coefficient (Wildman–Crippen LogP) is 4.07. The highest BCUT2D eigenvalue weighted by molar-refractivity contribution is 6.04. The van der Waals surface area contributed by atoms with Crippen LogP contribution in [0, 0.1) is 0 Å². The number of benzene rings is 3. The van der Waals surface area contributed by atoms with Gasteiger partial charge in [0, 0.05) is 23.4 Å². The van der Waals surface area contributed by atoms with Gasteiger partial charge >= 0.3 is 0 Å². The largest absolute Gasteiger partial charge is 0.496 e. The van der Waals surface area contributed by atoms with E-state index in [1.165, 1.54) is 5.56 Å². The summed E-state index contributed by atoms with van der Waals surface area (Å²) in [5.41, 5.74) is 4.22. The zero-order valence-electron chi connectivity index (χ0n) is 16.9. The van der Waals surface area contributed by atoms with Gasteiger partial charge in [-0.15, -0.1) is 0 Å². The average molecular weight is 400 g/mol. The molecule has 0 radical (unpaired) electrons. The van der Waals surface area contributed by atoms with Gasteiger partial charge in [-0.2, -0.15) is 0 Å². The number of hydrogen-bond acceptors (Lipinski definition) is 3. The van der Waals surface area contributed by atoms with Crippen molar-refractivity contribution in [2.45, 2.75) is 12.8 Å². The summed E-state index contributed by atoms with van der Waals surface area (Å²) >= 11 is 0. The van der Waals surface area contributed by atoms with Crippen molar-refractivity contribution < 1.29 is 14.3 Å². The lowest BCUT2D eigenvalue weighted by atomic mass is 9.98. The summed E-state index contributed by atoms with van der Waals surface area (Å²) in [6, 6.07) is 22.9. The van der Waals surface area contributed by atoms with Crippen LogP contribution in [0.2, 0.25) is 0 Å². The molecule has 5 heteroatoms. The van der Waals surface area contributed by atoms with Crippen LogP contribution in [-0.2, 0) is 11.2 Å². The Morgan fingerprint density at radius 1 is 0.933 bits per heavy atom. The van der Waals surface area contributed by atoms with Crippen LogP contribution in [-0.4, -0.2) is 32.0 Å². The van der Waals surface area contributed by atoms with Crippen molar-refractivity contribution in [3.8, 4) is 16.9 Å². The monoisotopic (exact) mass is 400 g/mol. The Morgan fingerprint density at radius 3 is 2.47 bits per heavy atom. The Labute approximate surface area is 176 Å². The van der Waals surface area contributed by atoms with Gasteiger partial charge in [0.2, 0.25) is 5.91 Å². The van der Waals surface area contributed by atoms with Crippen molar-refractivity contribution in [3.05, 3.63) is 83.9 Å². The Balaban J connectivity index is 1.52. The van der Waals surface area contributed by atoms with E-state index in [0.29, 0.717) is 17.9 Å². The molecule has 0 fully saturated rings. The van der Waals surface area contributed by atoms with Crippen LogP contribution < -0.4 is 15.0 Å². The Kier molecular flexibility index (Phi) is 5.80. The molecule has 0 unspecified atom stereocenters. The topological polar surface area (TPSA) is 58.6 Å². The molecule has 1 heterocycles. The summed E-state index contributed by atoms with van der Waals surface area (Å²) in [5.74, 6) is 0.305. The number of methoxy groups -OCH3 is 1. The van der Waals surface area contributed by atoms with Crippen LogP contribution in [0.4, 0.5) is 5.69 Å². The molecular formula is C25H24N2O3. The van der Waals surface area contributed by atoms with Crippen LogP contribution in [0.3, 0.4) is 0 Å². The van der Waals surface area contributed by atoms with E-state index in [-0.39, 0.29) is 18.4 Å². The first kappa shape index (κ1) is 19.7. The van der Waals surface area contributed by atoms with Gasteiger partial charge in [0.15, 0.2) is 0 Å². The summed E-state index contributed by atoms with van der Waals surface area (Å²) in [6.07, 6.45) is 1.89. The molecule has 3 aromatic rings. The van der Waals surface area contributed by atoms with Crippen molar-refractivity contribution in [2.24, 2.45) is 0 Å². The second-order valence-electron chi connectivity index (χ2n) is 7.21. The number of amides is 2. The highest BCUT2D eigenvalue weighted by atomic mass is 16.5. The van der Waals surface area contributed by atoms with Crippen molar-refractivity contribution in [1.82, 2.24) is 5.32 Å². The number of carbonyl (C=O) groups is 2. The molecule has 5 nitrogen and oxygen atoms in total. The second-order valence-corrected chi connectivity index (χ2v) is 7.21. The predicted molar refractivity (Wildman–Crippen MR) is 118 cm³/mol. The van der Waals surface area contributed by atoms with E-state index in [1.54, 1.807) is 18.1 Å². The molecule has 0 aromatic heterocycles. The van der Waals surface area contributed by atoms with E-state index in [1.807, 2.05) is 60.7 Å². The molecule has 0 saturated carbocycles. The Hall–Kier alpha value is -3.60. The quantitative estimate of drug-likeness (QED) is 0.702. The van der Waals surface area contributed by atoms with Gasteiger partial charge in [0.05, 0.1) is 13.7 Å². The number of ether oxygens (including phenoxy) is 1. The summed E-state index contributed by atoms with van der Waals surface area (Å²) in [6.45, 7) is 0.622. The fraction of sp³-hybridized carbons (Fsp3) is 0.200. The fourth-order valence-electron chi connectivity index (χ4n) is 3.92. The molecule has 1 N–H and O–H groups in total. The SMILES string of the molecule is COc1ccccc1-c1ccccc1C(=O)NCC(=O)N1CCCc2ccccc21. The van der Waals surface area contributed by atoms with Crippen molar-refractivity contribution >= 4 is 17.5 Å². The highest BCUT2D eigenvalue weighted by Gasteiger charge is 2.23. The number of hydrogen-bond donors (Lipinski definition) is 1. The highest BCUT2D eigenvalue weighted by Crippen LogP contribution is 2.32. The van der Waals surface area contributed by atoms with Crippen LogP contribution in [0.15, 0.2) is 72.8 Å². The summed E-state index contributed by atoms with van der Waals surface area (Å²) in [5, 5.41) is 2.80. The average Bonchev–Trinajstić information content (AvgIpc) is 2.82. The van der Waals surface area contributed by atoms with E-state index in [4.69, 9.17) is 4.74 Å². The van der Waals surface area contributed by atoms with E-state index in [0.717, 1.165) is 29.7 Å². The lowest BCUT2D eigenvalue weighted by Crippen LogP contribution is -2.42. The van der Waals surface area contributed by atoms with Gasteiger partial charge in [-0.3, -0.25) is 9.59 Å². The van der Waals surface area contributed by atoms with Crippen molar-refractivity contribution in [3.63, 3.8) is 0 Å². The molecule has 0 atom stereocenters. The molecule has 1 aliphatic heterocycles. The fourth-order valence-corrected chi connectivity index (χ4v) is 3.92. The molecule has 0 saturated heterocycles. The van der Waals surface area contributed by atoms with E-state index in [2.05, 4.69) is 11.4 Å². The molecule has 0 aliphatic carbocycles. The van der Waals surface area contributed by atoms with Crippen LogP contribution in [0.1, 0.15) is 22.3 Å². The maximum Gasteiger partial charge on any atom is 0.252 e. The van der Waals surface area contributed by atoms with Crippen LogP contribution in [0.25, 0.3) is 11.1 Å². The molecule has 0 spiro atoms. The normalized spacial score (nSPS) is 12.8. The maximum atomic E-state index is 12.9. The first-order chi connectivity index (χ1) is 14.7. The Bertz CT molecular complexity index is 1080. The van der Waals surface area contributed by atoms with E-state index < -0.39 is 0 Å². The summed E-state index contributed by atoms with van der Waals surface area (Å²) < 4.78 is 5.45. The number of para-hydroxylation sites is 2. The Morgan fingerprint density at radius 2 is 1.63 bits per heavy atom. The zero-order chi connectivity index (χ0) is 20.9. The molecule has 3 aromatic carbocycles. The van der Waals surface area contributed by atoms with Gasteiger partial charge in [0.25, 0.3) is 5.91 Å². The lowest BCUT2D eigenvalue weighted by Gasteiger charge is -2.29. The number of nitrogens with zero attached hydrogens (tertiary/aromatic N) is 1. The minimum atomic E-state index is -0.282. The molecule has 2 amide bonds. The minimum Gasteiger partial charge on any atom is -0.496 e. The van der Waals surface area contributed by atoms with Gasteiger partial charge < -0.3 is 15.0 Å². The number of rotatable bonds is 5. The number of anilines is 1. The number of aryl methyl sites for hydroxylation is 1. The molecule has 30 heavy (non-hydrogen) atoms. The van der Waals surface area contributed by atoms with Crippen LogP contribution >= 0.6 is 0 Å². The minimum absolute atomic E-state index is 0.0482. The first-order valence-corrected chi connectivity index (χ1v) is 10.1. The summed E-state index contributed by atoms with van der Waals surface area (Å²) in [7, 11) is 1.61. The smallest absolute Gasteiger partial charge is 0.252 e. The zero-order valence-corrected chi connectivity index (χ0v) is 16.9. The maximum absolute atomic E-state index is 12.9. The number of carbonyl (C=O) groups excluding carboxylic acids is 2. The third-order valence-electron chi connectivity index (χ3n) is 5.38. The first-order valence-electron chi connectivity index (χ1n) is 10.1. The third-order valence-corrected chi connectivity index (χ3v) is 5.38. The molecule has 0 bridgehead atoms. The van der Waals surface area contributed by atoms with E-state index in [9.17, 15) is 9.59 Å². The van der Waals surface area contributed by atoms with Gasteiger partial charge in [-0.1, -0.05) is 54.6 Å². The standard InChI is InChI=1S/C25H24N2O3/c1-30-23-15-7-5-12-20(23)19-11-3-4-13-21(19)25(29)26-17-24(28)27-16-8-10-18-9-2-6-14-22(18)27/h2-7,9,11-15H,8,10,16-17H2,1H3,(H,26,29). The van der Waals surface area contributed by atoms with Crippen molar-refractivity contribution in [1.29, 1.82) is 0 Å². The second kappa shape index (κ2) is 8.82. The molecule has 4 rings (SSSR count). The molecular weight excluding hydrogens is 376 g/mol. The van der Waals surface area contributed by atoms with Gasteiger partial charge in [-0.25, -0.2) is 0 Å². The number of nitrogens with one attached hydrogen (secondary N) is 1. The lowest BCUT2D eigenvalue weighted by molar-refractivity contribution is -0.117. The van der Waals surface area contributed by atoms with Gasteiger partial charge in [-0.05, 0) is 42.2 Å². The van der Waals surface area contributed by atoms with E-state index >= 15 is 0 Å². The van der Waals surface area contributed by atoms with Crippen LogP contribution in [0.5, 0.6) is 5.75 Å². The molecule has 1 aliphatic rings. The van der Waals surface area contributed by atoms with Gasteiger partial charge in [0.1, 0.15) is 5.75 Å². The number of fused-ring (bicyclic) bond motifs is 1. The van der Waals surface area contributed by atoms with Crippen molar-refractivity contribution in [2.75, 3.05) is 25.1 Å².